The van der Waals surface area contributed by atoms with Crippen LogP contribution >= 0.6 is 0 Å². The number of carbonyl (C=O) groups is 1. The van der Waals surface area contributed by atoms with Crippen molar-refractivity contribution in [2.45, 2.75) is 39.5 Å². The third-order valence-corrected chi connectivity index (χ3v) is 3.03. The lowest BCUT2D eigenvalue weighted by molar-refractivity contribution is -0.137. The summed E-state index contributed by atoms with van der Waals surface area (Å²) in [4.78, 5) is 12.8. The standard InChI is InChI=1S/C15H23NO3/c1-12(2)16(8-7-15(17)18)10-13-5-4-6-14(9-13)11-19-3/h4-6,9,12H,7-8,10-11H2,1-3H3,(H,17,18). The minimum absolute atomic E-state index is 0.177. The summed E-state index contributed by atoms with van der Waals surface area (Å²) in [5.74, 6) is -0.751. The number of carboxylic acid groups (broad SMARTS) is 1. The van der Waals surface area contributed by atoms with E-state index in [-0.39, 0.29) is 6.42 Å². The summed E-state index contributed by atoms with van der Waals surface area (Å²) in [6.07, 6.45) is 0.177. The maximum absolute atomic E-state index is 10.7. The first-order chi connectivity index (χ1) is 9.02. The van der Waals surface area contributed by atoms with Gasteiger partial charge in [-0.2, -0.15) is 0 Å². The van der Waals surface area contributed by atoms with Gasteiger partial charge in [0.25, 0.3) is 0 Å². The molecule has 0 spiro atoms. The number of carboxylic acids is 1. The zero-order valence-electron chi connectivity index (χ0n) is 11.9. The Hall–Kier alpha value is -1.39. The lowest BCUT2D eigenvalue weighted by Crippen LogP contribution is -2.32. The summed E-state index contributed by atoms with van der Waals surface area (Å²) < 4.78 is 5.12. The summed E-state index contributed by atoms with van der Waals surface area (Å²) in [5, 5.41) is 8.78. The lowest BCUT2D eigenvalue weighted by Gasteiger charge is -2.26. The normalized spacial score (nSPS) is 11.2. The molecule has 0 unspecified atom stereocenters. The molecule has 4 nitrogen and oxygen atoms in total. The van der Waals surface area contributed by atoms with E-state index in [0.717, 1.165) is 12.1 Å². The largest absolute Gasteiger partial charge is 0.481 e. The van der Waals surface area contributed by atoms with Crippen LogP contribution in [0.2, 0.25) is 0 Å². The topological polar surface area (TPSA) is 49.8 Å². The molecule has 0 fully saturated rings. The smallest absolute Gasteiger partial charge is 0.304 e. The van der Waals surface area contributed by atoms with E-state index in [1.54, 1.807) is 7.11 Å². The molecule has 4 heteroatoms. The zero-order chi connectivity index (χ0) is 14.3. The van der Waals surface area contributed by atoms with Crippen molar-refractivity contribution in [1.29, 1.82) is 0 Å². The van der Waals surface area contributed by atoms with Crippen molar-refractivity contribution < 1.29 is 14.6 Å². The third-order valence-electron chi connectivity index (χ3n) is 3.03. The molecule has 0 aliphatic rings. The van der Waals surface area contributed by atoms with Gasteiger partial charge in [-0.25, -0.2) is 0 Å². The molecular weight excluding hydrogens is 242 g/mol. The summed E-state index contributed by atoms with van der Waals surface area (Å²) in [6.45, 7) is 6.11. The molecule has 0 aliphatic heterocycles. The fourth-order valence-corrected chi connectivity index (χ4v) is 1.98. The number of hydrogen-bond donors (Lipinski definition) is 1. The molecule has 0 bridgehead atoms. The van der Waals surface area contributed by atoms with E-state index in [4.69, 9.17) is 9.84 Å². The number of rotatable bonds is 8. The number of nitrogens with zero attached hydrogens (tertiary/aromatic N) is 1. The van der Waals surface area contributed by atoms with Crippen LogP contribution in [0.25, 0.3) is 0 Å². The van der Waals surface area contributed by atoms with Crippen LogP contribution in [0.4, 0.5) is 0 Å². The first-order valence-corrected chi connectivity index (χ1v) is 6.55. The van der Waals surface area contributed by atoms with Crippen LogP contribution in [0.3, 0.4) is 0 Å². The molecular formula is C15H23NO3. The average Bonchev–Trinajstić information content (AvgIpc) is 2.34. The molecule has 1 rings (SSSR count). The molecule has 1 aromatic carbocycles. The van der Waals surface area contributed by atoms with Crippen molar-refractivity contribution in [3.05, 3.63) is 35.4 Å². The van der Waals surface area contributed by atoms with Gasteiger partial charge in [0.2, 0.25) is 0 Å². The van der Waals surface area contributed by atoms with E-state index < -0.39 is 5.97 Å². The predicted molar refractivity (Wildman–Crippen MR) is 75.0 cm³/mol. The van der Waals surface area contributed by atoms with Crippen LogP contribution < -0.4 is 0 Å². The minimum Gasteiger partial charge on any atom is -0.481 e. The summed E-state index contributed by atoms with van der Waals surface area (Å²) in [7, 11) is 1.68. The second kappa shape index (κ2) is 7.92. The number of aliphatic carboxylic acids is 1. The van der Waals surface area contributed by atoms with Gasteiger partial charge >= 0.3 is 5.97 Å². The van der Waals surface area contributed by atoms with E-state index in [9.17, 15) is 4.79 Å². The Morgan fingerprint density at radius 1 is 1.37 bits per heavy atom. The fourth-order valence-electron chi connectivity index (χ4n) is 1.98. The van der Waals surface area contributed by atoms with Crippen molar-refractivity contribution in [1.82, 2.24) is 4.90 Å². The fraction of sp³-hybridized carbons (Fsp3) is 0.533. The van der Waals surface area contributed by atoms with Crippen LogP contribution in [0.1, 0.15) is 31.4 Å². The molecule has 0 saturated heterocycles. The first-order valence-electron chi connectivity index (χ1n) is 6.55. The maximum atomic E-state index is 10.7. The average molecular weight is 265 g/mol. The minimum atomic E-state index is -0.751. The van der Waals surface area contributed by atoms with Gasteiger partial charge in [0.1, 0.15) is 0 Å². The van der Waals surface area contributed by atoms with Crippen LogP contribution in [-0.2, 0) is 22.7 Å². The molecule has 0 aliphatic carbocycles. The van der Waals surface area contributed by atoms with Gasteiger partial charge in [-0.05, 0) is 25.0 Å². The highest BCUT2D eigenvalue weighted by molar-refractivity contribution is 5.66. The van der Waals surface area contributed by atoms with E-state index in [2.05, 4.69) is 30.9 Å². The zero-order valence-corrected chi connectivity index (χ0v) is 11.9. The number of hydrogen-bond acceptors (Lipinski definition) is 3. The third kappa shape index (κ3) is 5.85. The van der Waals surface area contributed by atoms with Crippen LogP contribution in [0.15, 0.2) is 24.3 Å². The number of ether oxygens (including phenoxy) is 1. The highest BCUT2D eigenvalue weighted by Crippen LogP contribution is 2.12. The Morgan fingerprint density at radius 2 is 2.05 bits per heavy atom. The van der Waals surface area contributed by atoms with E-state index in [1.165, 1.54) is 5.56 Å². The van der Waals surface area contributed by atoms with Gasteiger partial charge in [-0.1, -0.05) is 24.3 Å². The Bertz CT molecular complexity index is 404. The Balaban J connectivity index is 2.67. The van der Waals surface area contributed by atoms with Gasteiger partial charge in [-0.15, -0.1) is 0 Å². The molecule has 1 aromatic rings. The quantitative estimate of drug-likeness (QED) is 0.784. The summed E-state index contributed by atoms with van der Waals surface area (Å²) in [5.41, 5.74) is 2.33. The van der Waals surface area contributed by atoms with Crippen LogP contribution in [0.5, 0.6) is 0 Å². The Morgan fingerprint density at radius 3 is 2.63 bits per heavy atom. The SMILES string of the molecule is COCc1cccc(CN(CCC(=O)O)C(C)C)c1. The van der Waals surface area contributed by atoms with Gasteiger partial charge < -0.3 is 9.84 Å². The highest BCUT2D eigenvalue weighted by Gasteiger charge is 2.12. The molecule has 0 heterocycles. The highest BCUT2D eigenvalue weighted by atomic mass is 16.5. The monoisotopic (exact) mass is 265 g/mol. The second-order valence-corrected chi connectivity index (χ2v) is 4.96. The van der Waals surface area contributed by atoms with E-state index in [1.807, 2.05) is 12.1 Å². The molecule has 0 amide bonds. The molecule has 0 atom stereocenters. The molecule has 19 heavy (non-hydrogen) atoms. The first kappa shape index (κ1) is 15.7. The van der Waals surface area contributed by atoms with Crippen molar-refractivity contribution in [3.8, 4) is 0 Å². The van der Waals surface area contributed by atoms with Crippen LogP contribution in [0, 0.1) is 0 Å². The number of methoxy groups -OCH3 is 1. The Labute approximate surface area is 115 Å². The molecule has 1 N–H and O–H groups in total. The molecule has 106 valence electrons. The van der Waals surface area contributed by atoms with E-state index in [0.29, 0.717) is 19.2 Å². The van der Waals surface area contributed by atoms with Gasteiger partial charge in [0.15, 0.2) is 0 Å². The van der Waals surface area contributed by atoms with Crippen molar-refractivity contribution >= 4 is 5.97 Å². The summed E-state index contributed by atoms with van der Waals surface area (Å²) >= 11 is 0. The van der Waals surface area contributed by atoms with Gasteiger partial charge in [-0.3, -0.25) is 9.69 Å². The second-order valence-electron chi connectivity index (χ2n) is 4.96. The predicted octanol–water partition coefficient (Wildman–Crippen LogP) is 2.52. The van der Waals surface area contributed by atoms with Gasteiger partial charge in [0.05, 0.1) is 13.0 Å². The van der Waals surface area contributed by atoms with Crippen molar-refractivity contribution in [2.24, 2.45) is 0 Å². The van der Waals surface area contributed by atoms with Crippen LogP contribution in [-0.4, -0.2) is 35.7 Å². The van der Waals surface area contributed by atoms with Crippen molar-refractivity contribution in [2.75, 3.05) is 13.7 Å². The van der Waals surface area contributed by atoms with E-state index >= 15 is 0 Å². The van der Waals surface area contributed by atoms with Crippen molar-refractivity contribution in [3.63, 3.8) is 0 Å². The summed E-state index contributed by atoms with van der Waals surface area (Å²) in [6, 6.07) is 8.55. The van der Waals surface area contributed by atoms with Gasteiger partial charge in [0, 0.05) is 26.2 Å². The molecule has 0 aromatic heterocycles. The Kier molecular flexibility index (Phi) is 6.53. The number of benzene rings is 1. The lowest BCUT2D eigenvalue weighted by atomic mass is 10.1. The molecule has 0 radical (unpaired) electrons. The maximum Gasteiger partial charge on any atom is 0.304 e. The molecule has 0 saturated carbocycles.